The van der Waals surface area contributed by atoms with Crippen LogP contribution in [0.5, 0.6) is 0 Å². The Labute approximate surface area is 118 Å². The third-order valence-corrected chi connectivity index (χ3v) is 3.41. The van der Waals surface area contributed by atoms with Crippen molar-refractivity contribution in [2.75, 3.05) is 12.8 Å². The van der Waals surface area contributed by atoms with Crippen LogP contribution < -0.4 is 5.73 Å². The zero-order valence-electron chi connectivity index (χ0n) is 10.6. The quantitative estimate of drug-likeness (QED) is 0.685. The summed E-state index contributed by atoms with van der Waals surface area (Å²) >= 11 is 1.52. The zero-order chi connectivity index (χ0) is 14.7. The van der Waals surface area contributed by atoms with Gasteiger partial charge >= 0.3 is 0 Å². The number of hydrogen-bond acceptors (Lipinski definition) is 6. The van der Waals surface area contributed by atoms with E-state index in [9.17, 15) is 14.9 Å². The average Bonchev–Trinajstić information content (AvgIpc) is 2.90. The van der Waals surface area contributed by atoms with Gasteiger partial charge in [0.15, 0.2) is 0 Å². The number of anilines is 1. The summed E-state index contributed by atoms with van der Waals surface area (Å²) in [5.41, 5.74) is 6.07. The molecule has 1 amide bonds. The molecule has 0 saturated carbocycles. The number of pyridine rings is 1. The topological polar surface area (TPSA) is 102 Å². The number of carbonyl (C=O) groups is 1. The summed E-state index contributed by atoms with van der Waals surface area (Å²) in [6.45, 7) is 0.377. The molecule has 2 aromatic rings. The van der Waals surface area contributed by atoms with Gasteiger partial charge in [0.05, 0.1) is 4.92 Å². The minimum absolute atomic E-state index is 0.0553. The predicted octanol–water partition coefficient (Wildman–Crippen LogP) is 1.91. The van der Waals surface area contributed by atoms with Crippen molar-refractivity contribution in [3.63, 3.8) is 0 Å². The molecule has 0 bridgehead atoms. The highest BCUT2D eigenvalue weighted by atomic mass is 32.1. The zero-order valence-corrected chi connectivity index (χ0v) is 11.5. The van der Waals surface area contributed by atoms with E-state index in [4.69, 9.17) is 5.73 Å². The summed E-state index contributed by atoms with van der Waals surface area (Å²) in [5, 5.41) is 14.8. The van der Waals surface area contributed by atoms with Crippen LogP contribution in [-0.4, -0.2) is 27.8 Å². The molecule has 8 heteroatoms. The number of nitrogens with two attached hydrogens (primary N) is 1. The molecule has 0 aromatic carbocycles. The van der Waals surface area contributed by atoms with Crippen molar-refractivity contribution < 1.29 is 9.72 Å². The number of carbonyl (C=O) groups excluding carboxylic acids is 1. The van der Waals surface area contributed by atoms with Crippen molar-refractivity contribution in [2.24, 2.45) is 0 Å². The third kappa shape index (κ3) is 2.91. The molecule has 0 unspecified atom stereocenters. The van der Waals surface area contributed by atoms with Crippen LogP contribution in [0.25, 0.3) is 0 Å². The van der Waals surface area contributed by atoms with Gasteiger partial charge in [-0.05, 0) is 28.5 Å². The Hall–Kier alpha value is -2.48. The maximum absolute atomic E-state index is 12.3. The van der Waals surface area contributed by atoms with E-state index in [1.54, 1.807) is 7.05 Å². The first kappa shape index (κ1) is 13.9. The Kier molecular flexibility index (Phi) is 3.94. The van der Waals surface area contributed by atoms with E-state index in [-0.39, 0.29) is 17.1 Å². The molecule has 20 heavy (non-hydrogen) atoms. The van der Waals surface area contributed by atoms with Gasteiger partial charge in [0.1, 0.15) is 17.6 Å². The molecule has 0 aliphatic heterocycles. The Balaban J connectivity index is 2.28. The van der Waals surface area contributed by atoms with Crippen LogP contribution in [0.1, 0.15) is 15.9 Å². The molecule has 7 nitrogen and oxygen atoms in total. The van der Waals surface area contributed by atoms with Gasteiger partial charge in [-0.3, -0.25) is 14.9 Å². The van der Waals surface area contributed by atoms with Crippen LogP contribution in [0.4, 0.5) is 11.5 Å². The second kappa shape index (κ2) is 5.66. The number of aromatic nitrogens is 1. The maximum atomic E-state index is 12.3. The minimum Gasteiger partial charge on any atom is -0.384 e. The standard InChI is InChI=1S/C12H12N4O3S/c1-15(6-8-2-3-20-7-8)12(17)9-4-11(13)14-5-10(9)16(18)19/h2-5,7H,6H2,1H3,(H2,13,14). The Morgan fingerprint density at radius 3 is 2.95 bits per heavy atom. The monoisotopic (exact) mass is 292 g/mol. The second-order valence-corrected chi connectivity index (χ2v) is 4.96. The summed E-state index contributed by atoms with van der Waals surface area (Å²) < 4.78 is 0. The Morgan fingerprint density at radius 1 is 1.60 bits per heavy atom. The number of rotatable bonds is 4. The first-order chi connectivity index (χ1) is 9.49. The van der Waals surface area contributed by atoms with E-state index in [0.29, 0.717) is 6.54 Å². The van der Waals surface area contributed by atoms with Crippen LogP contribution in [0.3, 0.4) is 0 Å². The SMILES string of the molecule is CN(Cc1ccsc1)C(=O)c1cc(N)ncc1[N+](=O)[O-]. The molecule has 0 saturated heterocycles. The fourth-order valence-electron chi connectivity index (χ4n) is 1.72. The molecule has 0 aliphatic carbocycles. The number of hydrogen-bond donors (Lipinski definition) is 1. The van der Waals surface area contributed by atoms with Crippen LogP contribution in [0.2, 0.25) is 0 Å². The molecular formula is C12H12N4O3S. The first-order valence-corrected chi connectivity index (χ1v) is 6.59. The van der Waals surface area contributed by atoms with Gasteiger partial charge in [-0.15, -0.1) is 0 Å². The third-order valence-electron chi connectivity index (χ3n) is 2.68. The predicted molar refractivity (Wildman–Crippen MR) is 75.4 cm³/mol. The summed E-state index contributed by atoms with van der Waals surface area (Å²) in [7, 11) is 1.58. The van der Waals surface area contributed by atoms with Crippen LogP contribution in [0, 0.1) is 10.1 Å². The molecule has 0 fully saturated rings. The smallest absolute Gasteiger partial charge is 0.300 e. The van der Waals surface area contributed by atoms with Crippen LogP contribution in [-0.2, 0) is 6.54 Å². The molecule has 2 aromatic heterocycles. The first-order valence-electron chi connectivity index (χ1n) is 5.65. The van der Waals surface area contributed by atoms with E-state index in [0.717, 1.165) is 11.8 Å². The Bertz CT molecular complexity index is 642. The van der Waals surface area contributed by atoms with E-state index >= 15 is 0 Å². The Morgan fingerprint density at radius 2 is 2.35 bits per heavy atom. The highest BCUT2D eigenvalue weighted by Gasteiger charge is 2.24. The lowest BCUT2D eigenvalue weighted by atomic mass is 10.2. The average molecular weight is 292 g/mol. The van der Waals surface area contributed by atoms with Gasteiger partial charge in [-0.1, -0.05) is 0 Å². The number of nitrogens with zero attached hydrogens (tertiary/aromatic N) is 3. The van der Waals surface area contributed by atoms with Gasteiger partial charge in [0.2, 0.25) is 0 Å². The fourth-order valence-corrected chi connectivity index (χ4v) is 2.37. The lowest BCUT2D eigenvalue weighted by molar-refractivity contribution is -0.385. The van der Waals surface area contributed by atoms with E-state index in [1.807, 2.05) is 16.8 Å². The molecule has 2 rings (SSSR count). The molecule has 2 heterocycles. The molecule has 0 aliphatic rings. The van der Waals surface area contributed by atoms with Crippen molar-refractivity contribution in [1.29, 1.82) is 0 Å². The van der Waals surface area contributed by atoms with Gasteiger partial charge in [-0.25, -0.2) is 4.98 Å². The number of amides is 1. The van der Waals surface area contributed by atoms with Crippen LogP contribution >= 0.6 is 11.3 Å². The van der Waals surface area contributed by atoms with E-state index in [2.05, 4.69) is 4.98 Å². The highest BCUT2D eigenvalue weighted by molar-refractivity contribution is 7.07. The molecule has 0 spiro atoms. The molecule has 2 N–H and O–H groups in total. The number of nitrogen functional groups attached to an aromatic ring is 1. The fraction of sp³-hybridized carbons (Fsp3) is 0.167. The molecular weight excluding hydrogens is 280 g/mol. The lowest BCUT2D eigenvalue weighted by Gasteiger charge is -2.16. The molecule has 0 radical (unpaired) electrons. The van der Waals surface area contributed by atoms with Crippen molar-refractivity contribution >= 4 is 28.7 Å². The summed E-state index contributed by atoms with van der Waals surface area (Å²) in [6.07, 6.45) is 1.00. The largest absolute Gasteiger partial charge is 0.384 e. The van der Waals surface area contributed by atoms with Gasteiger partial charge in [-0.2, -0.15) is 11.3 Å². The van der Waals surface area contributed by atoms with Gasteiger partial charge < -0.3 is 10.6 Å². The number of thiophene rings is 1. The lowest BCUT2D eigenvalue weighted by Crippen LogP contribution is -2.27. The second-order valence-electron chi connectivity index (χ2n) is 4.18. The summed E-state index contributed by atoms with van der Waals surface area (Å²) in [4.78, 5) is 27.6. The minimum atomic E-state index is -0.641. The van der Waals surface area contributed by atoms with Crippen molar-refractivity contribution in [3.8, 4) is 0 Å². The normalized spacial score (nSPS) is 10.2. The van der Waals surface area contributed by atoms with Crippen molar-refractivity contribution in [1.82, 2.24) is 9.88 Å². The van der Waals surface area contributed by atoms with E-state index < -0.39 is 10.8 Å². The van der Waals surface area contributed by atoms with Crippen molar-refractivity contribution in [3.05, 3.63) is 50.3 Å². The van der Waals surface area contributed by atoms with Crippen molar-refractivity contribution in [2.45, 2.75) is 6.54 Å². The van der Waals surface area contributed by atoms with Gasteiger partial charge in [0.25, 0.3) is 11.6 Å². The van der Waals surface area contributed by atoms with Gasteiger partial charge in [0, 0.05) is 13.6 Å². The maximum Gasteiger partial charge on any atom is 0.300 e. The molecule has 0 atom stereocenters. The summed E-state index contributed by atoms with van der Waals surface area (Å²) in [5.74, 6) is -0.389. The highest BCUT2D eigenvalue weighted by Crippen LogP contribution is 2.21. The summed E-state index contributed by atoms with van der Waals surface area (Å²) in [6, 6.07) is 3.12. The number of nitro groups is 1. The van der Waals surface area contributed by atoms with Crippen LogP contribution in [0.15, 0.2) is 29.1 Å². The molecule has 104 valence electrons. The van der Waals surface area contributed by atoms with E-state index in [1.165, 1.54) is 22.3 Å².